The number of aliphatic hydroxyl groups excluding tert-OH is 1. The third kappa shape index (κ3) is 5.55. The fourth-order valence-corrected chi connectivity index (χ4v) is 5.86. The molecule has 6 nitrogen and oxygen atoms in total. The Morgan fingerprint density at radius 1 is 0.897 bits per heavy atom. The van der Waals surface area contributed by atoms with Crippen molar-refractivity contribution >= 4 is 39.5 Å². The molecule has 1 atom stereocenters. The highest BCUT2D eigenvalue weighted by Gasteiger charge is 2.18. The molecule has 0 bridgehead atoms. The number of fused-ring (bicyclic) bond motifs is 1. The van der Waals surface area contributed by atoms with Crippen molar-refractivity contribution in [3.8, 4) is 5.69 Å². The number of benzene rings is 3. The first kappa shape index (κ1) is 25.2. The van der Waals surface area contributed by atoms with Crippen molar-refractivity contribution in [2.45, 2.75) is 31.8 Å². The number of nitrogens with zero attached hydrogens (tertiary/aromatic N) is 3. The van der Waals surface area contributed by atoms with Gasteiger partial charge in [-0.05, 0) is 83.9 Å². The molecular formula is C32H29N3O3S. The highest BCUT2D eigenvalue weighted by atomic mass is 32.1. The molecule has 3 heterocycles. The van der Waals surface area contributed by atoms with E-state index in [9.17, 15) is 14.7 Å². The quantitative estimate of drug-likeness (QED) is 0.251. The first-order valence-electron chi connectivity index (χ1n) is 13.2. The third-order valence-corrected chi connectivity index (χ3v) is 8.20. The summed E-state index contributed by atoms with van der Waals surface area (Å²) in [7, 11) is 0. The molecule has 1 saturated heterocycles. The molecule has 196 valence electrons. The van der Waals surface area contributed by atoms with E-state index >= 15 is 0 Å². The number of thiophene rings is 1. The van der Waals surface area contributed by atoms with E-state index in [1.807, 2.05) is 95.1 Å². The summed E-state index contributed by atoms with van der Waals surface area (Å²) in [6.07, 6.45) is 4.05. The van der Waals surface area contributed by atoms with Gasteiger partial charge in [-0.15, -0.1) is 11.3 Å². The van der Waals surface area contributed by atoms with Crippen LogP contribution in [-0.4, -0.2) is 45.6 Å². The predicted molar refractivity (Wildman–Crippen MR) is 155 cm³/mol. The zero-order valence-electron chi connectivity index (χ0n) is 21.5. The predicted octanol–water partition coefficient (Wildman–Crippen LogP) is 5.90. The zero-order chi connectivity index (χ0) is 26.8. The SMILES string of the molecule is O=C(Cc1ccc2c(cnn2-c2ccc(CC(=O)c3cccs3)cc2)c1)c1ccc(N2CCCC(O)C2)cc1. The summed E-state index contributed by atoms with van der Waals surface area (Å²) in [5, 5.41) is 17.4. The van der Waals surface area contributed by atoms with E-state index < -0.39 is 0 Å². The van der Waals surface area contributed by atoms with E-state index in [0.29, 0.717) is 24.9 Å². The average molecular weight is 536 g/mol. The molecule has 5 aromatic rings. The molecule has 0 spiro atoms. The summed E-state index contributed by atoms with van der Waals surface area (Å²) in [5.74, 6) is 0.196. The summed E-state index contributed by atoms with van der Waals surface area (Å²) in [6.45, 7) is 1.57. The number of hydrogen-bond acceptors (Lipinski definition) is 6. The maximum absolute atomic E-state index is 13.0. The molecule has 0 radical (unpaired) electrons. The second-order valence-electron chi connectivity index (χ2n) is 10.1. The Labute approximate surface area is 231 Å². The Hall–Kier alpha value is -4.07. The molecule has 1 aliphatic heterocycles. The Morgan fingerprint density at radius 2 is 1.64 bits per heavy atom. The summed E-state index contributed by atoms with van der Waals surface area (Å²) < 4.78 is 1.88. The van der Waals surface area contributed by atoms with Crippen LogP contribution in [0.5, 0.6) is 0 Å². The van der Waals surface area contributed by atoms with Crippen molar-refractivity contribution < 1.29 is 14.7 Å². The van der Waals surface area contributed by atoms with Crippen molar-refractivity contribution in [1.29, 1.82) is 0 Å². The van der Waals surface area contributed by atoms with E-state index in [0.717, 1.165) is 57.7 Å². The molecule has 0 saturated carbocycles. The van der Waals surface area contributed by atoms with E-state index in [2.05, 4.69) is 10.00 Å². The van der Waals surface area contributed by atoms with Crippen LogP contribution in [-0.2, 0) is 12.8 Å². The number of ketones is 2. The Kier molecular flexibility index (Phi) is 7.09. The number of β-amino-alcohol motifs (C(OH)–C–C–N with tert-alkyl or cyclic N) is 1. The first-order chi connectivity index (χ1) is 19.0. The second-order valence-corrected chi connectivity index (χ2v) is 11.0. The van der Waals surface area contributed by atoms with Crippen molar-refractivity contribution in [2.24, 2.45) is 0 Å². The van der Waals surface area contributed by atoms with Crippen molar-refractivity contribution in [2.75, 3.05) is 18.0 Å². The topological polar surface area (TPSA) is 75.4 Å². The minimum Gasteiger partial charge on any atom is -0.391 e. The number of carbonyl (C=O) groups excluding carboxylic acids is 2. The fraction of sp³-hybridized carbons (Fsp3) is 0.219. The minimum absolute atomic E-state index is 0.0691. The molecule has 2 aromatic heterocycles. The van der Waals surface area contributed by atoms with Gasteiger partial charge in [0.25, 0.3) is 0 Å². The highest BCUT2D eigenvalue weighted by molar-refractivity contribution is 7.12. The third-order valence-electron chi connectivity index (χ3n) is 7.29. The fourth-order valence-electron chi connectivity index (χ4n) is 5.20. The van der Waals surface area contributed by atoms with E-state index in [-0.39, 0.29) is 17.7 Å². The van der Waals surface area contributed by atoms with Gasteiger partial charge < -0.3 is 10.0 Å². The standard InChI is InChI=1S/C32H29N3O3S/c36-28-3-1-15-34(21-28)26-12-8-24(9-13-26)30(37)19-23-7-14-29-25(17-23)20-33-35(29)27-10-5-22(6-11-27)18-31(38)32-4-2-16-39-32/h2,4-14,16-17,20,28,36H,1,3,15,18-19,21H2. The molecule has 7 heteroatoms. The monoisotopic (exact) mass is 535 g/mol. The average Bonchev–Trinajstić information content (AvgIpc) is 3.64. The van der Waals surface area contributed by atoms with Gasteiger partial charge in [0.05, 0.1) is 28.4 Å². The van der Waals surface area contributed by atoms with Crippen molar-refractivity contribution in [1.82, 2.24) is 9.78 Å². The van der Waals surface area contributed by atoms with Gasteiger partial charge in [0.2, 0.25) is 0 Å². The lowest BCUT2D eigenvalue weighted by Crippen LogP contribution is -2.38. The molecule has 1 fully saturated rings. The Morgan fingerprint density at radius 3 is 2.38 bits per heavy atom. The van der Waals surface area contributed by atoms with Crippen LogP contribution in [0.15, 0.2) is 90.4 Å². The molecule has 1 aliphatic rings. The molecular weight excluding hydrogens is 506 g/mol. The maximum Gasteiger partial charge on any atom is 0.177 e. The van der Waals surface area contributed by atoms with Crippen LogP contribution in [0.1, 0.15) is 44.0 Å². The Bertz CT molecular complexity index is 1610. The van der Waals surface area contributed by atoms with Crippen LogP contribution in [0.2, 0.25) is 0 Å². The molecule has 1 N–H and O–H groups in total. The van der Waals surface area contributed by atoms with Gasteiger partial charge >= 0.3 is 0 Å². The van der Waals surface area contributed by atoms with Crippen LogP contribution in [0.4, 0.5) is 5.69 Å². The summed E-state index contributed by atoms with van der Waals surface area (Å²) in [6, 6.07) is 25.4. The van der Waals surface area contributed by atoms with Gasteiger partial charge in [-0.25, -0.2) is 4.68 Å². The summed E-state index contributed by atoms with van der Waals surface area (Å²) >= 11 is 1.47. The van der Waals surface area contributed by atoms with Gasteiger partial charge in [0.1, 0.15) is 0 Å². The smallest absolute Gasteiger partial charge is 0.177 e. The number of Topliss-reactive ketones (excluding diaryl/α,β-unsaturated/α-hetero) is 2. The largest absolute Gasteiger partial charge is 0.391 e. The number of aliphatic hydroxyl groups is 1. The van der Waals surface area contributed by atoms with E-state index in [1.165, 1.54) is 11.3 Å². The number of hydrogen-bond donors (Lipinski definition) is 1. The maximum atomic E-state index is 13.0. The lowest BCUT2D eigenvalue weighted by Gasteiger charge is -2.32. The molecule has 3 aromatic carbocycles. The molecule has 1 unspecified atom stereocenters. The lowest BCUT2D eigenvalue weighted by molar-refractivity contribution is 0.0986. The van der Waals surface area contributed by atoms with Crippen molar-refractivity contribution in [3.63, 3.8) is 0 Å². The van der Waals surface area contributed by atoms with Crippen LogP contribution in [0, 0.1) is 0 Å². The van der Waals surface area contributed by atoms with Crippen LogP contribution in [0.25, 0.3) is 16.6 Å². The number of anilines is 1. The Balaban J connectivity index is 1.12. The van der Waals surface area contributed by atoms with Gasteiger partial charge in [-0.3, -0.25) is 9.59 Å². The molecule has 0 aliphatic carbocycles. The highest BCUT2D eigenvalue weighted by Crippen LogP contribution is 2.24. The number of carbonyl (C=O) groups is 2. The molecule has 6 rings (SSSR count). The van der Waals surface area contributed by atoms with Gasteiger partial charge in [-0.1, -0.05) is 24.3 Å². The van der Waals surface area contributed by atoms with Gasteiger partial charge in [0, 0.05) is 42.6 Å². The summed E-state index contributed by atoms with van der Waals surface area (Å²) in [5.41, 5.74) is 5.52. The van der Waals surface area contributed by atoms with Gasteiger partial charge in [0.15, 0.2) is 11.6 Å². The van der Waals surface area contributed by atoms with Crippen LogP contribution in [0.3, 0.4) is 0 Å². The first-order valence-corrected chi connectivity index (χ1v) is 14.1. The molecule has 0 amide bonds. The lowest BCUT2D eigenvalue weighted by atomic mass is 10.0. The van der Waals surface area contributed by atoms with Crippen LogP contribution >= 0.6 is 11.3 Å². The van der Waals surface area contributed by atoms with Crippen LogP contribution < -0.4 is 4.90 Å². The van der Waals surface area contributed by atoms with Crippen molar-refractivity contribution in [3.05, 3.63) is 112 Å². The zero-order valence-corrected chi connectivity index (χ0v) is 22.3. The second kappa shape index (κ2) is 11.0. The number of aromatic nitrogens is 2. The number of piperidine rings is 1. The minimum atomic E-state index is -0.286. The van der Waals surface area contributed by atoms with Gasteiger partial charge in [-0.2, -0.15) is 5.10 Å². The summed E-state index contributed by atoms with van der Waals surface area (Å²) in [4.78, 5) is 28.4. The van der Waals surface area contributed by atoms with E-state index in [1.54, 1.807) is 0 Å². The molecule has 39 heavy (non-hydrogen) atoms. The number of rotatable bonds is 8. The van der Waals surface area contributed by atoms with E-state index in [4.69, 9.17) is 0 Å². The normalized spacial score (nSPS) is 15.5.